The fourth-order valence-corrected chi connectivity index (χ4v) is 3.06. The van der Waals surface area contributed by atoms with Gasteiger partial charge in [-0.05, 0) is 55.7 Å². The molecule has 0 bridgehead atoms. The molecule has 10 heteroatoms. The highest BCUT2D eigenvalue weighted by Gasteiger charge is 2.30. The maximum atomic E-state index is 12.6. The van der Waals surface area contributed by atoms with Crippen LogP contribution in [0.4, 0.5) is 18.9 Å². The molecule has 2 rings (SSSR count). The molecular formula is C21H19ClF3N3O3. The molecule has 0 spiro atoms. The van der Waals surface area contributed by atoms with Gasteiger partial charge in [-0.1, -0.05) is 23.7 Å². The Bertz CT molecular complexity index is 1020. The minimum atomic E-state index is -4.53. The molecule has 0 aliphatic heterocycles. The molecule has 0 radical (unpaired) electrons. The molecule has 0 unspecified atom stereocenters. The van der Waals surface area contributed by atoms with E-state index in [1.165, 1.54) is 13.0 Å². The standard InChI is InChI=1S/C21H19ClF3N3O3/c1-11-14(6-9-17(26-3)18(11)22)10-16(12(2)29)20(31)28-27-19(30)13-4-7-15(8-5-13)21(23,24)25/h4-9,12,16,29H,10H2,1-2H3,(H,27,30)(H,28,31)/t12-,16+/m0/s1. The normalized spacial score (nSPS) is 13.1. The first-order valence-corrected chi connectivity index (χ1v) is 9.44. The first-order valence-electron chi connectivity index (χ1n) is 9.06. The van der Waals surface area contributed by atoms with Crippen molar-refractivity contribution in [2.75, 3.05) is 0 Å². The monoisotopic (exact) mass is 453 g/mol. The maximum absolute atomic E-state index is 12.6. The molecule has 0 aromatic heterocycles. The molecule has 6 nitrogen and oxygen atoms in total. The van der Waals surface area contributed by atoms with Crippen molar-refractivity contribution in [3.05, 3.63) is 75.1 Å². The Morgan fingerprint density at radius 3 is 2.29 bits per heavy atom. The van der Waals surface area contributed by atoms with Crippen LogP contribution < -0.4 is 10.9 Å². The summed E-state index contributed by atoms with van der Waals surface area (Å²) in [5.74, 6) is -2.46. The first-order chi connectivity index (χ1) is 14.5. The van der Waals surface area contributed by atoms with E-state index in [4.69, 9.17) is 18.2 Å². The number of aliphatic hydroxyl groups excluding tert-OH is 1. The SMILES string of the molecule is [C-]#[N+]c1ccc(C[C@@H](C(=O)NNC(=O)c2ccc(C(F)(F)F)cc2)[C@H](C)O)c(C)c1Cl. The van der Waals surface area contributed by atoms with Crippen LogP contribution in [0.5, 0.6) is 0 Å². The zero-order valence-corrected chi connectivity index (χ0v) is 17.3. The van der Waals surface area contributed by atoms with Crippen molar-refractivity contribution < 1.29 is 27.9 Å². The van der Waals surface area contributed by atoms with Gasteiger partial charge in [0.05, 0.1) is 29.2 Å². The van der Waals surface area contributed by atoms with Crippen molar-refractivity contribution in [2.45, 2.75) is 32.5 Å². The molecule has 2 aromatic rings. The predicted molar refractivity (Wildman–Crippen MR) is 108 cm³/mol. The first kappa shape index (κ1) is 24.2. The van der Waals surface area contributed by atoms with Gasteiger partial charge in [0, 0.05) is 5.56 Å². The summed E-state index contributed by atoms with van der Waals surface area (Å²) in [5.41, 5.74) is 4.83. The third-order valence-electron chi connectivity index (χ3n) is 4.73. The van der Waals surface area contributed by atoms with E-state index in [0.29, 0.717) is 11.1 Å². The quantitative estimate of drug-likeness (QED) is 0.468. The third-order valence-corrected chi connectivity index (χ3v) is 5.21. The summed E-state index contributed by atoms with van der Waals surface area (Å²) in [6, 6.07) is 6.64. The van der Waals surface area contributed by atoms with Crippen molar-refractivity contribution in [1.29, 1.82) is 0 Å². The van der Waals surface area contributed by atoms with Crippen LogP contribution in [0.1, 0.15) is 34.0 Å². The Morgan fingerprint density at radius 1 is 1.16 bits per heavy atom. The van der Waals surface area contributed by atoms with Crippen molar-refractivity contribution in [1.82, 2.24) is 10.9 Å². The lowest BCUT2D eigenvalue weighted by atomic mass is 9.91. The zero-order valence-electron chi connectivity index (χ0n) is 16.5. The number of carbonyl (C=O) groups is 2. The molecule has 2 aromatic carbocycles. The minimum Gasteiger partial charge on any atom is -0.393 e. The number of rotatable bonds is 5. The number of nitrogens with zero attached hydrogens (tertiary/aromatic N) is 1. The fourth-order valence-electron chi connectivity index (χ4n) is 2.83. The number of halogens is 4. The van der Waals surface area contributed by atoms with E-state index < -0.39 is 35.6 Å². The Kier molecular flexibility index (Phi) is 7.65. The Hall–Kier alpha value is -3.09. The van der Waals surface area contributed by atoms with Crippen molar-refractivity contribution >= 4 is 29.1 Å². The van der Waals surface area contributed by atoms with Gasteiger partial charge in [0.2, 0.25) is 11.6 Å². The predicted octanol–water partition coefficient (Wildman–Crippen LogP) is 4.22. The summed E-state index contributed by atoms with van der Waals surface area (Å²) in [6.07, 6.45) is -5.52. The molecule has 0 aliphatic rings. The van der Waals surface area contributed by atoms with Crippen LogP contribution in [0.25, 0.3) is 4.85 Å². The number of hydrogen-bond acceptors (Lipinski definition) is 3. The van der Waals surface area contributed by atoms with Gasteiger partial charge in [0.1, 0.15) is 0 Å². The number of hydrogen-bond donors (Lipinski definition) is 3. The van der Waals surface area contributed by atoms with Gasteiger partial charge in [-0.15, -0.1) is 0 Å². The van der Waals surface area contributed by atoms with Gasteiger partial charge in [-0.3, -0.25) is 20.4 Å². The van der Waals surface area contributed by atoms with Crippen molar-refractivity contribution in [3.63, 3.8) is 0 Å². The zero-order chi connectivity index (χ0) is 23.3. The highest BCUT2D eigenvalue weighted by molar-refractivity contribution is 6.34. The maximum Gasteiger partial charge on any atom is 0.416 e. The van der Waals surface area contributed by atoms with Crippen LogP contribution in [0, 0.1) is 19.4 Å². The number of alkyl halides is 3. The molecular weight excluding hydrogens is 435 g/mol. The molecule has 0 saturated heterocycles. The van der Waals surface area contributed by atoms with Crippen LogP contribution in [-0.4, -0.2) is 23.0 Å². The summed E-state index contributed by atoms with van der Waals surface area (Å²) in [6.45, 7) is 10.2. The number of amides is 2. The van der Waals surface area contributed by atoms with E-state index in [1.54, 1.807) is 13.0 Å². The Morgan fingerprint density at radius 2 is 1.77 bits per heavy atom. The second kappa shape index (κ2) is 9.81. The molecule has 2 atom stereocenters. The molecule has 3 N–H and O–H groups in total. The number of carbonyl (C=O) groups excluding carboxylic acids is 2. The largest absolute Gasteiger partial charge is 0.416 e. The minimum absolute atomic E-state index is 0.0840. The lowest BCUT2D eigenvalue weighted by molar-refractivity contribution is -0.137. The number of nitrogens with one attached hydrogen (secondary N) is 2. The lowest BCUT2D eigenvalue weighted by Crippen LogP contribution is -2.47. The van der Waals surface area contributed by atoms with Gasteiger partial charge in [0.15, 0.2) is 0 Å². The second-order valence-electron chi connectivity index (χ2n) is 6.86. The average molecular weight is 454 g/mol. The Balaban J connectivity index is 2.07. The van der Waals surface area contributed by atoms with Crippen LogP contribution in [0.2, 0.25) is 5.02 Å². The summed E-state index contributed by atoms with van der Waals surface area (Å²) in [5, 5.41) is 10.3. The molecule has 31 heavy (non-hydrogen) atoms. The molecule has 0 aliphatic carbocycles. The molecule has 0 saturated carbocycles. The van der Waals surface area contributed by atoms with E-state index in [0.717, 1.165) is 24.3 Å². The second-order valence-corrected chi connectivity index (χ2v) is 7.24. The number of benzene rings is 2. The van der Waals surface area contributed by atoms with Crippen LogP contribution in [0.3, 0.4) is 0 Å². The third kappa shape index (κ3) is 5.96. The molecule has 2 amide bonds. The Labute approximate surface area is 181 Å². The van der Waals surface area contributed by atoms with E-state index in [1.807, 2.05) is 0 Å². The van der Waals surface area contributed by atoms with Gasteiger partial charge < -0.3 is 5.11 Å². The van der Waals surface area contributed by atoms with E-state index >= 15 is 0 Å². The van der Waals surface area contributed by atoms with Crippen LogP contribution in [0.15, 0.2) is 36.4 Å². The summed E-state index contributed by atoms with van der Waals surface area (Å²) in [4.78, 5) is 27.9. The van der Waals surface area contributed by atoms with Crippen LogP contribution >= 0.6 is 11.6 Å². The highest BCUT2D eigenvalue weighted by Crippen LogP contribution is 2.32. The fraction of sp³-hybridized carbons (Fsp3) is 0.286. The highest BCUT2D eigenvalue weighted by atomic mass is 35.5. The number of aliphatic hydroxyl groups is 1. The topological polar surface area (TPSA) is 82.8 Å². The van der Waals surface area contributed by atoms with E-state index in [9.17, 15) is 27.9 Å². The summed E-state index contributed by atoms with van der Waals surface area (Å²) in [7, 11) is 0. The van der Waals surface area contributed by atoms with Crippen LogP contribution in [-0.2, 0) is 17.4 Å². The molecule has 0 fully saturated rings. The average Bonchev–Trinajstić information content (AvgIpc) is 2.72. The van der Waals surface area contributed by atoms with Gasteiger partial charge in [-0.2, -0.15) is 13.2 Å². The smallest absolute Gasteiger partial charge is 0.393 e. The molecule has 0 heterocycles. The summed E-state index contributed by atoms with van der Waals surface area (Å²) < 4.78 is 37.8. The van der Waals surface area contributed by atoms with Gasteiger partial charge in [0.25, 0.3) is 5.91 Å². The lowest BCUT2D eigenvalue weighted by Gasteiger charge is -2.21. The van der Waals surface area contributed by atoms with Gasteiger partial charge >= 0.3 is 6.18 Å². The van der Waals surface area contributed by atoms with E-state index in [-0.39, 0.29) is 22.7 Å². The van der Waals surface area contributed by atoms with Crippen molar-refractivity contribution in [2.24, 2.45) is 5.92 Å². The van der Waals surface area contributed by atoms with Crippen molar-refractivity contribution in [3.8, 4) is 0 Å². The summed E-state index contributed by atoms with van der Waals surface area (Å²) >= 11 is 6.15. The van der Waals surface area contributed by atoms with E-state index in [2.05, 4.69) is 15.7 Å². The van der Waals surface area contributed by atoms with Gasteiger partial charge in [-0.25, -0.2) is 4.85 Å². The molecule has 164 valence electrons. The number of hydrazine groups is 1.